The number of hydrogen-bond acceptors (Lipinski definition) is 5. The van der Waals surface area contributed by atoms with Gasteiger partial charge >= 0.3 is 0 Å². The highest BCUT2D eigenvalue weighted by Gasteiger charge is 2.14. The second kappa shape index (κ2) is 5.61. The number of nitrogens with two attached hydrogens (primary N) is 1. The molecule has 0 radical (unpaired) electrons. The summed E-state index contributed by atoms with van der Waals surface area (Å²) in [4.78, 5) is 12.8. The molecule has 3 aromatic heterocycles. The van der Waals surface area contributed by atoms with E-state index in [-0.39, 0.29) is 5.75 Å². The van der Waals surface area contributed by atoms with E-state index in [0.29, 0.717) is 11.4 Å². The number of anilines is 1. The molecule has 0 saturated carbocycles. The van der Waals surface area contributed by atoms with E-state index in [0.717, 1.165) is 26.6 Å². The lowest BCUT2D eigenvalue weighted by atomic mass is 10.3. The molecule has 0 aliphatic heterocycles. The minimum absolute atomic E-state index is 0.125. The third-order valence-electron chi connectivity index (χ3n) is 3.49. The number of halogens is 1. The van der Waals surface area contributed by atoms with E-state index in [1.54, 1.807) is 24.5 Å². The van der Waals surface area contributed by atoms with Crippen LogP contribution in [0.3, 0.4) is 0 Å². The minimum atomic E-state index is -0.501. The highest BCUT2D eigenvalue weighted by Crippen LogP contribution is 2.38. The Kier molecular flexibility index (Phi) is 3.42. The predicted molar refractivity (Wildman–Crippen MR) is 92.8 cm³/mol. The number of imidazole rings is 1. The molecule has 3 heterocycles. The maximum Gasteiger partial charge on any atom is 0.167 e. The number of hydrogen-bond donors (Lipinski definition) is 2. The molecule has 0 aliphatic carbocycles. The molecule has 0 saturated heterocycles. The fourth-order valence-corrected chi connectivity index (χ4v) is 3.39. The molecule has 0 bridgehead atoms. The summed E-state index contributed by atoms with van der Waals surface area (Å²) in [6, 6.07) is 8.00. The molecular formula is C17H13FN4OS. The Hall–Kier alpha value is -2.93. The average Bonchev–Trinajstić information content (AvgIpc) is 3.16. The number of nitrogens with zero attached hydrogens (tertiary/aromatic N) is 2. The summed E-state index contributed by atoms with van der Waals surface area (Å²) < 4.78 is 20.5. The monoisotopic (exact) mass is 340 g/mol. The Morgan fingerprint density at radius 3 is 2.79 bits per heavy atom. The van der Waals surface area contributed by atoms with E-state index in [9.17, 15) is 4.39 Å². The molecule has 1 aromatic carbocycles. The zero-order chi connectivity index (χ0) is 16.7. The molecule has 24 heavy (non-hydrogen) atoms. The van der Waals surface area contributed by atoms with Gasteiger partial charge in [-0.1, -0.05) is 0 Å². The Balaban J connectivity index is 1.77. The second-order valence-electron chi connectivity index (χ2n) is 5.34. The molecule has 0 atom stereocenters. The highest BCUT2D eigenvalue weighted by atomic mass is 32.1. The fourth-order valence-electron chi connectivity index (χ4n) is 2.37. The largest absolute Gasteiger partial charge is 0.453 e. The van der Waals surface area contributed by atoms with Crippen LogP contribution in [-0.2, 0) is 0 Å². The lowest BCUT2D eigenvalue weighted by Crippen LogP contribution is -1.91. The van der Waals surface area contributed by atoms with Crippen LogP contribution in [0, 0.1) is 12.7 Å². The van der Waals surface area contributed by atoms with Crippen LogP contribution in [0.25, 0.3) is 20.9 Å². The van der Waals surface area contributed by atoms with Crippen molar-refractivity contribution < 1.29 is 9.13 Å². The lowest BCUT2D eigenvalue weighted by molar-refractivity contribution is 0.447. The van der Waals surface area contributed by atoms with Crippen LogP contribution in [0.1, 0.15) is 5.69 Å². The molecule has 3 N–H and O–H groups in total. The number of nitrogen functional groups attached to an aromatic ring is 1. The van der Waals surface area contributed by atoms with Gasteiger partial charge in [-0.05, 0) is 25.1 Å². The first-order valence-corrected chi connectivity index (χ1v) is 8.05. The van der Waals surface area contributed by atoms with Crippen molar-refractivity contribution in [2.24, 2.45) is 0 Å². The van der Waals surface area contributed by atoms with E-state index < -0.39 is 5.82 Å². The van der Waals surface area contributed by atoms with Crippen molar-refractivity contribution in [2.75, 3.05) is 5.73 Å². The van der Waals surface area contributed by atoms with Crippen LogP contribution in [-0.4, -0.2) is 15.0 Å². The van der Waals surface area contributed by atoms with Gasteiger partial charge in [0.1, 0.15) is 11.6 Å². The summed E-state index contributed by atoms with van der Waals surface area (Å²) in [5.74, 6) is 0.946. The lowest BCUT2D eigenvalue weighted by Gasteiger charge is -2.07. The van der Waals surface area contributed by atoms with Crippen molar-refractivity contribution in [1.82, 2.24) is 15.0 Å². The third-order valence-corrected chi connectivity index (χ3v) is 4.63. The SMILES string of the molecule is Cc1cnc(-c2cc3nccc(Oc4ccc(N)cc4F)c3s2)[nH]1. The number of thiophene rings is 1. The second-order valence-corrected chi connectivity index (χ2v) is 6.39. The number of aryl methyl sites for hydroxylation is 1. The molecule has 0 aliphatic rings. The fraction of sp³-hybridized carbons (Fsp3) is 0.0588. The Bertz CT molecular complexity index is 1040. The normalized spacial score (nSPS) is 11.1. The first kappa shape index (κ1) is 14.6. The van der Waals surface area contributed by atoms with Crippen molar-refractivity contribution >= 4 is 27.2 Å². The number of rotatable bonds is 3. The standard InChI is InChI=1S/C17H13FN4OS/c1-9-8-21-17(22-9)15-7-12-16(24-15)14(4-5-20-12)23-13-3-2-10(19)6-11(13)18/h2-8H,19H2,1H3,(H,21,22). The third kappa shape index (κ3) is 2.59. The molecule has 0 spiro atoms. The van der Waals surface area contributed by atoms with E-state index in [1.165, 1.54) is 23.5 Å². The van der Waals surface area contributed by atoms with Gasteiger partial charge in [-0.3, -0.25) is 4.98 Å². The van der Waals surface area contributed by atoms with Crippen molar-refractivity contribution in [3.05, 3.63) is 54.2 Å². The van der Waals surface area contributed by atoms with Gasteiger partial charge in [0.15, 0.2) is 11.6 Å². The molecule has 5 nitrogen and oxygen atoms in total. The Morgan fingerprint density at radius 2 is 2.04 bits per heavy atom. The van der Waals surface area contributed by atoms with Gasteiger partial charge in [-0.2, -0.15) is 0 Å². The molecule has 120 valence electrons. The van der Waals surface area contributed by atoms with Gasteiger partial charge in [0.2, 0.25) is 0 Å². The predicted octanol–water partition coefficient (Wildman–Crippen LogP) is 4.51. The van der Waals surface area contributed by atoms with Gasteiger partial charge in [-0.25, -0.2) is 9.37 Å². The molecule has 7 heteroatoms. The molecule has 4 aromatic rings. The number of pyridine rings is 1. The van der Waals surface area contributed by atoms with E-state index in [2.05, 4.69) is 15.0 Å². The minimum Gasteiger partial charge on any atom is -0.453 e. The van der Waals surface area contributed by atoms with Gasteiger partial charge in [0.25, 0.3) is 0 Å². The zero-order valence-corrected chi connectivity index (χ0v) is 13.5. The molecule has 0 fully saturated rings. The maximum atomic E-state index is 14.0. The first-order valence-electron chi connectivity index (χ1n) is 7.23. The topological polar surface area (TPSA) is 76.8 Å². The number of benzene rings is 1. The molecule has 0 unspecified atom stereocenters. The number of fused-ring (bicyclic) bond motifs is 1. The van der Waals surface area contributed by atoms with Gasteiger partial charge in [0, 0.05) is 35.9 Å². The van der Waals surface area contributed by atoms with E-state index in [1.807, 2.05) is 13.0 Å². The maximum absolute atomic E-state index is 14.0. The van der Waals surface area contributed by atoms with Gasteiger partial charge in [-0.15, -0.1) is 11.3 Å². The van der Waals surface area contributed by atoms with Crippen LogP contribution >= 0.6 is 11.3 Å². The van der Waals surface area contributed by atoms with Crippen molar-refractivity contribution in [3.63, 3.8) is 0 Å². The number of H-pyrrole nitrogens is 1. The highest BCUT2D eigenvalue weighted by molar-refractivity contribution is 7.22. The van der Waals surface area contributed by atoms with Gasteiger partial charge < -0.3 is 15.5 Å². The Morgan fingerprint density at radius 1 is 1.17 bits per heavy atom. The summed E-state index contributed by atoms with van der Waals surface area (Å²) >= 11 is 1.49. The summed E-state index contributed by atoms with van der Waals surface area (Å²) in [5, 5.41) is 0. The average molecular weight is 340 g/mol. The zero-order valence-electron chi connectivity index (χ0n) is 12.7. The van der Waals surface area contributed by atoms with Crippen LogP contribution in [0.2, 0.25) is 0 Å². The van der Waals surface area contributed by atoms with E-state index >= 15 is 0 Å². The quantitative estimate of drug-likeness (QED) is 0.538. The summed E-state index contributed by atoms with van der Waals surface area (Å²) in [6.07, 6.45) is 3.41. The smallest absolute Gasteiger partial charge is 0.167 e. The number of nitrogens with one attached hydrogen (secondary N) is 1. The van der Waals surface area contributed by atoms with E-state index in [4.69, 9.17) is 10.5 Å². The van der Waals surface area contributed by atoms with Crippen LogP contribution in [0.4, 0.5) is 10.1 Å². The molecule has 4 rings (SSSR count). The first-order chi connectivity index (χ1) is 11.6. The molecule has 0 amide bonds. The van der Waals surface area contributed by atoms with Crippen LogP contribution < -0.4 is 10.5 Å². The number of aromatic amines is 1. The summed E-state index contributed by atoms with van der Waals surface area (Å²) in [7, 11) is 0. The summed E-state index contributed by atoms with van der Waals surface area (Å²) in [6.45, 7) is 1.94. The summed E-state index contributed by atoms with van der Waals surface area (Å²) in [5.41, 5.74) is 7.68. The molecular weight excluding hydrogens is 327 g/mol. The van der Waals surface area contributed by atoms with Gasteiger partial charge in [0.05, 0.1) is 15.1 Å². The van der Waals surface area contributed by atoms with Crippen molar-refractivity contribution in [3.8, 4) is 22.2 Å². The number of ether oxygens (including phenoxy) is 1. The van der Waals surface area contributed by atoms with Crippen LogP contribution in [0.5, 0.6) is 11.5 Å². The Labute approximate surface area is 140 Å². The van der Waals surface area contributed by atoms with Crippen molar-refractivity contribution in [1.29, 1.82) is 0 Å². The van der Waals surface area contributed by atoms with Crippen LogP contribution in [0.15, 0.2) is 42.7 Å². The number of aromatic nitrogens is 3. The van der Waals surface area contributed by atoms with Crippen molar-refractivity contribution in [2.45, 2.75) is 6.92 Å².